The van der Waals surface area contributed by atoms with Crippen molar-refractivity contribution in [3.63, 3.8) is 0 Å². The Labute approximate surface area is 125 Å². The van der Waals surface area contributed by atoms with Crippen molar-refractivity contribution >= 4 is 22.7 Å². The normalized spacial score (nSPS) is 12.0. The average Bonchev–Trinajstić information content (AvgIpc) is 2.87. The molecule has 0 amide bonds. The van der Waals surface area contributed by atoms with Crippen molar-refractivity contribution in [2.24, 2.45) is 0 Å². The van der Waals surface area contributed by atoms with Crippen LogP contribution in [0.4, 0.5) is 15.8 Å². The van der Waals surface area contributed by atoms with Crippen molar-refractivity contribution in [1.82, 2.24) is 0 Å². The maximum absolute atomic E-state index is 14.0. The van der Waals surface area contributed by atoms with Crippen molar-refractivity contribution in [1.29, 1.82) is 0 Å². The van der Waals surface area contributed by atoms with Crippen LogP contribution in [-0.2, 0) is 0 Å². The topological polar surface area (TPSA) is 64.4 Å². The SMILES string of the molecule is COc1cc(NC(C)c2ccc(C)s2)c(F)cc1[N+](=O)[O-]. The molecular weight excluding hydrogens is 295 g/mol. The molecule has 0 aliphatic carbocycles. The summed E-state index contributed by atoms with van der Waals surface area (Å²) in [6, 6.07) is 6.03. The molecule has 1 N–H and O–H groups in total. The van der Waals surface area contributed by atoms with E-state index < -0.39 is 10.7 Å². The van der Waals surface area contributed by atoms with Crippen molar-refractivity contribution in [2.75, 3.05) is 12.4 Å². The molecule has 0 saturated carbocycles. The molecule has 21 heavy (non-hydrogen) atoms. The van der Waals surface area contributed by atoms with Gasteiger partial charge in [-0.2, -0.15) is 0 Å². The summed E-state index contributed by atoms with van der Waals surface area (Å²) < 4.78 is 18.9. The van der Waals surface area contributed by atoms with Crippen LogP contribution in [0.5, 0.6) is 5.75 Å². The monoisotopic (exact) mass is 310 g/mol. The molecule has 0 fully saturated rings. The largest absolute Gasteiger partial charge is 0.490 e. The van der Waals surface area contributed by atoms with Crippen molar-refractivity contribution in [3.05, 3.63) is 50.0 Å². The van der Waals surface area contributed by atoms with Crippen LogP contribution in [0.3, 0.4) is 0 Å². The number of hydrogen-bond acceptors (Lipinski definition) is 5. The molecule has 0 aliphatic rings. The quantitative estimate of drug-likeness (QED) is 0.661. The van der Waals surface area contributed by atoms with Gasteiger partial charge in [0, 0.05) is 15.8 Å². The highest BCUT2D eigenvalue weighted by Crippen LogP contribution is 2.34. The van der Waals surface area contributed by atoms with Crippen LogP contribution < -0.4 is 10.1 Å². The maximum atomic E-state index is 14.0. The summed E-state index contributed by atoms with van der Waals surface area (Å²) in [6.07, 6.45) is 0. The van der Waals surface area contributed by atoms with E-state index in [-0.39, 0.29) is 23.2 Å². The number of halogens is 1. The second-order valence-corrected chi connectivity index (χ2v) is 5.89. The molecule has 0 spiro atoms. The Hall–Kier alpha value is -2.15. The van der Waals surface area contributed by atoms with Gasteiger partial charge in [0.05, 0.1) is 29.8 Å². The standard InChI is InChI=1S/C14H15FN2O3S/c1-8-4-5-14(21-8)9(2)16-11-7-13(20-3)12(17(18)19)6-10(11)15/h4-7,9,16H,1-3H3. The van der Waals surface area contributed by atoms with E-state index in [9.17, 15) is 14.5 Å². The van der Waals surface area contributed by atoms with Gasteiger partial charge < -0.3 is 10.1 Å². The molecule has 112 valence electrons. The third kappa shape index (κ3) is 3.30. The van der Waals surface area contributed by atoms with Gasteiger partial charge in [-0.3, -0.25) is 10.1 Å². The number of hydrogen-bond donors (Lipinski definition) is 1. The lowest BCUT2D eigenvalue weighted by atomic mass is 10.2. The predicted molar refractivity (Wildman–Crippen MR) is 80.7 cm³/mol. The zero-order chi connectivity index (χ0) is 15.6. The zero-order valence-electron chi connectivity index (χ0n) is 11.8. The van der Waals surface area contributed by atoms with Gasteiger partial charge in [0.1, 0.15) is 0 Å². The Morgan fingerprint density at radius 2 is 2.14 bits per heavy atom. The van der Waals surface area contributed by atoms with E-state index in [1.54, 1.807) is 11.3 Å². The molecule has 2 aromatic rings. The first-order valence-electron chi connectivity index (χ1n) is 6.27. The summed E-state index contributed by atoms with van der Waals surface area (Å²) in [5.74, 6) is -0.652. The Kier molecular flexibility index (Phi) is 4.42. The number of rotatable bonds is 5. The molecule has 1 heterocycles. The third-order valence-electron chi connectivity index (χ3n) is 3.03. The number of benzene rings is 1. The van der Waals surface area contributed by atoms with E-state index in [1.165, 1.54) is 18.1 Å². The third-order valence-corrected chi connectivity index (χ3v) is 4.21. The summed E-state index contributed by atoms with van der Waals surface area (Å²) >= 11 is 1.61. The fraction of sp³-hybridized carbons (Fsp3) is 0.286. The lowest BCUT2D eigenvalue weighted by Gasteiger charge is -2.15. The molecule has 1 aromatic carbocycles. The minimum absolute atomic E-state index is 0.0264. The van der Waals surface area contributed by atoms with Crippen LogP contribution in [0.2, 0.25) is 0 Å². The van der Waals surface area contributed by atoms with Gasteiger partial charge in [0.2, 0.25) is 0 Å². The van der Waals surface area contributed by atoms with Crippen molar-refractivity contribution < 1.29 is 14.1 Å². The number of nitro groups is 1. The molecule has 0 bridgehead atoms. The molecule has 0 saturated heterocycles. The number of methoxy groups -OCH3 is 1. The Morgan fingerprint density at radius 3 is 2.67 bits per heavy atom. The first-order valence-corrected chi connectivity index (χ1v) is 7.08. The van der Waals surface area contributed by atoms with E-state index >= 15 is 0 Å². The molecule has 1 atom stereocenters. The van der Waals surface area contributed by atoms with Crippen LogP contribution in [0, 0.1) is 22.9 Å². The maximum Gasteiger partial charge on any atom is 0.313 e. The number of anilines is 1. The summed E-state index contributed by atoms with van der Waals surface area (Å²) in [5.41, 5.74) is -0.212. The number of nitrogens with zero attached hydrogens (tertiary/aromatic N) is 1. The number of thiophene rings is 1. The number of aryl methyl sites for hydroxylation is 1. The molecule has 2 rings (SSSR count). The smallest absolute Gasteiger partial charge is 0.313 e. The molecule has 0 aliphatic heterocycles. The molecule has 1 aromatic heterocycles. The number of nitro benzene ring substituents is 1. The summed E-state index contributed by atoms with van der Waals surface area (Å²) in [7, 11) is 1.32. The van der Waals surface area contributed by atoms with Gasteiger partial charge in [-0.05, 0) is 26.0 Å². The molecule has 1 unspecified atom stereocenters. The van der Waals surface area contributed by atoms with Gasteiger partial charge in [0.15, 0.2) is 11.6 Å². The van der Waals surface area contributed by atoms with E-state index in [1.807, 2.05) is 26.0 Å². The molecule has 0 radical (unpaired) electrons. The van der Waals surface area contributed by atoms with Gasteiger partial charge in [-0.25, -0.2) is 4.39 Å². The first kappa shape index (κ1) is 15.2. The summed E-state index contributed by atoms with van der Waals surface area (Å²) in [6.45, 7) is 3.90. The van der Waals surface area contributed by atoms with Gasteiger partial charge >= 0.3 is 5.69 Å². The highest BCUT2D eigenvalue weighted by Gasteiger charge is 2.20. The van der Waals surface area contributed by atoms with Crippen LogP contribution >= 0.6 is 11.3 Å². The lowest BCUT2D eigenvalue weighted by molar-refractivity contribution is -0.385. The Bertz CT molecular complexity index is 672. The number of nitrogens with one attached hydrogen (secondary N) is 1. The molecular formula is C14H15FN2O3S. The van der Waals surface area contributed by atoms with Crippen LogP contribution in [0.25, 0.3) is 0 Å². The molecule has 5 nitrogen and oxygen atoms in total. The fourth-order valence-electron chi connectivity index (χ4n) is 1.95. The molecule has 7 heteroatoms. The minimum atomic E-state index is -0.678. The Balaban J connectivity index is 2.30. The first-order chi connectivity index (χ1) is 9.92. The van der Waals surface area contributed by atoms with Crippen LogP contribution in [0.1, 0.15) is 22.7 Å². The van der Waals surface area contributed by atoms with E-state index in [2.05, 4.69) is 5.32 Å². The van der Waals surface area contributed by atoms with E-state index in [0.29, 0.717) is 0 Å². The zero-order valence-corrected chi connectivity index (χ0v) is 12.7. The van der Waals surface area contributed by atoms with E-state index in [4.69, 9.17) is 4.74 Å². The minimum Gasteiger partial charge on any atom is -0.490 e. The number of ether oxygens (including phenoxy) is 1. The van der Waals surface area contributed by atoms with Crippen molar-refractivity contribution in [3.8, 4) is 5.75 Å². The van der Waals surface area contributed by atoms with Gasteiger partial charge in [-0.1, -0.05) is 0 Å². The highest BCUT2D eigenvalue weighted by atomic mass is 32.1. The summed E-state index contributed by atoms with van der Waals surface area (Å²) in [5, 5.41) is 13.8. The second kappa shape index (κ2) is 6.09. The summed E-state index contributed by atoms with van der Waals surface area (Å²) in [4.78, 5) is 12.4. The van der Waals surface area contributed by atoms with E-state index in [0.717, 1.165) is 10.9 Å². The van der Waals surface area contributed by atoms with Crippen LogP contribution in [-0.4, -0.2) is 12.0 Å². The van der Waals surface area contributed by atoms with Gasteiger partial charge in [-0.15, -0.1) is 11.3 Å². The Morgan fingerprint density at radius 1 is 1.43 bits per heavy atom. The van der Waals surface area contributed by atoms with Crippen LogP contribution in [0.15, 0.2) is 24.3 Å². The van der Waals surface area contributed by atoms with Gasteiger partial charge in [0.25, 0.3) is 0 Å². The van der Waals surface area contributed by atoms with Crippen molar-refractivity contribution in [2.45, 2.75) is 19.9 Å². The second-order valence-electron chi connectivity index (χ2n) is 4.58. The lowest BCUT2D eigenvalue weighted by Crippen LogP contribution is -2.07. The predicted octanol–water partition coefficient (Wildman–Crippen LogP) is 4.29. The fourth-order valence-corrected chi connectivity index (χ4v) is 2.83. The highest BCUT2D eigenvalue weighted by molar-refractivity contribution is 7.12. The average molecular weight is 310 g/mol.